The predicted molar refractivity (Wildman–Crippen MR) is 112 cm³/mol. The molecule has 0 spiro atoms. The molecule has 0 aromatic heterocycles. The van der Waals surface area contributed by atoms with E-state index >= 15 is 0 Å². The zero-order valence-corrected chi connectivity index (χ0v) is 20.4. The summed E-state index contributed by atoms with van der Waals surface area (Å²) in [6.45, 7) is 24.5. The third-order valence-corrected chi connectivity index (χ3v) is 15.6. The quantitative estimate of drug-likeness (QED) is 0.417. The van der Waals surface area contributed by atoms with E-state index in [1.54, 1.807) is 7.11 Å². The van der Waals surface area contributed by atoms with Crippen LogP contribution in [0.15, 0.2) is 5.16 Å². The highest BCUT2D eigenvalue weighted by Gasteiger charge is 2.44. The molecule has 25 heavy (non-hydrogen) atoms. The van der Waals surface area contributed by atoms with E-state index in [1.807, 2.05) is 0 Å². The molecule has 1 saturated carbocycles. The summed E-state index contributed by atoms with van der Waals surface area (Å²) in [5.74, 6) is 0.826. The van der Waals surface area contributed by atoms with Crippen LogP contribution in [-0.4, -0.2) is 42.7 Å². The van der Waals surface area contributed by atoms with Crippen LogP contribution in [0.5, 0.6) is 0 Å². The Morgan fingerprint density at radius 3 is 1.72 bits per heavy atom. The number of nitrogens with zero attached hydrogens (tertiary/aromatic N) is 1. The molecular formula is C19H41NO3Si2. The van der Waals surface area contributed by atoms with Crippen molar-refractivity contribution in [1.82, 2.24) is 0 Å². The monoisotopic (exact) mass is 387 g/mol. The lowest BCUT2D eigenvalue weighted by Crippen LogP contribution is -2.50. The molecular weight excluding hydrogens is 346 g/mol. The maximum atomic E-state index is 6.46. The lowest BCUT2D eigenvalue weighted by molar-refractivity contribution is 0.126. The molecule has 0 radical (unpaired) electrons. The number of oxime groups is 1. The van der Waals surface area contributed by atoms with Gasteiger partial charge in [0.05, 0.1) is 5.71 Å². The summed E-state index contributed by atoms with van der Waals surface area (Å²) >= 11 is 0. The van der Waals surface area contributed by atoms with Gasteiger partial charge >= 0.3 is 0 Å². The second-order valence-electron chi connectivity index (χ2n) is 10.5. The lowest BCUT2D eigenvalue weighted by atomic mass is 9.73. The highest BCUT2D eigenvalue weighted by Crippen LogP contribution is 2.41. The summed E-state index contributed by atoms with van der Waals surface area (Å²) in [7, 11) is -1.84. The zero-order chi connectivity index (χ0) is 19.7. The molecule has 2 atom stereocenters. The molecule has 148 valence electrons. The van der Waals surface area contributed by atoms with E-state index in [0.29, 0.717) is 11.8 Å². The first kappa shape index (κ1) is 22.9. The number of rotatable bonds is 7. The summed E-state index contributed by atoms with van der Waals surface area (Å²) in [4.78, 5) is 5.03. The molecule has 1 fully saturated rings. The molecule has 0 aromatic rings. The topological polar surface area (TPSA) is 40.0 Å². The van der Waals surface area contributed by atoms with Crippen LogP contribution < -0.4 is 0 Å². The fraction of sp³-hybridized carbons (Fsp3) is 0.947. The van der Waals surface area contributed by atoms with Gasteiger partial charge in [0.1, 0.15) is 7.11 Å². The maximum absolute atomic E-state index is 6.46. The van der Waals surface area contributed by atoms with Crippen molar-refractivity contribution in [1.29, 1.82) is 0 Å². The Kier molecular flexibility index (Phi) is 7.16. The molecule has 0 amide bonds. The molecule has 0 aromatic carbocycles. The summed E-state index contributed by atoms with van der Waals surface area (Å²) < 4.78 is 12.9. The van der Waals surface area contributed by atoms with Crippen LogP contribution in [0.3, 0.4) is 0 Å². The Bertz CT molecular complexity index is 476. The molecule has 1 aliphatic carbocycles. The Balaban J connectivity index is 2.71. The minimum atomic E-state index is -1.75. The first-order chi connectivity index (χ1) is 11.1. The average Bonchev–Trinajstić information content (AvgIpc) is 2.39. The van der Waals surface area contributed by atoms with Gasteiger partial charge in [0, 0.05) is 19.1 Å². The predicted octanol–water partition coefficient (Wildman–Crippen LogP) is 5.67. The number of hydrogen-bond acceptors (Lipinski definition) is 4. The highest BCUT2D eigenvalue weighted by molar-refractivity contribution is 6.74. The Hall–Kier alpha value is -0.176. The SMILES string of the molecule is CON=C1C[C@H](CO[Si](C)(C)C(C)(C)C)[C@@H]1CO[Si](C)(C)C(C)(C)C. The lowest BCUT2D eigenvalue weighted by Gasteiger charge is -2.44. The molecule has 0 unspecified atom stereocenters. The van der Waals surface area contributed by atoms with Crippen LogP contribution in [0.4, 0.5) is 0 Å². The van der Waals surface area contributed by atoms with E-state index in [1.165, 1.54) is 0 Å². The third kappa shape index (κ3) is 5.65. The first-order valence-corrected chi connectivity index (χ1v) is 15.3. The van der Waals surface area contributed by atoms with E-state index < -0.39 is 16.6 Å². The standard InChI is InChI=1S/C19H41NO3Si2/c1-18(2,3)24(8,9)22-13-15-12-17(20-21-7)16(15)14-23-25(10,11)19(4,5)6/h15-16H,12-14H2,1-11H3/t15-,16+/m1/s1. The van der Waals surface area contributed by atoms with E-state index in [9.17, 15) is 0 Å². The minimum Gasteiger partial charge on any atom is -0.417 e. The molecule has 0 heterocycles. The zero-order valence-electron chi connectivity index (χ0n) is 18.4. The first-order valence-electron chi connectivity index (χ1n) is 9.50. The summed E-state index contributed by atoms with van der Waals surface area (Å²) in [5, 5.41) is 4.69. The van der Waals surface area contributed by atoms with Crippen LogP contribution >= 0.6 is 0 Å². The van der Waals surface area contributed by atoms with Crippen molar-refractivity contribution in [2.24, 2.45) is 17.0 Å². The fourth-order valence-corrected chi connectivity index (χ4v) is 4.44. The van der Waals surface area contributed by atoms with Gasteiger partial charge in [-0.3, -0.25) is 0 Å². The second-order valence-corrected chi connectivity index (χ2v) is 20.1. The van der Waals surface area contributed by atoms with Crippen LogP contribution in [0.25, 0.3) is 0 Å². The average molecular weight is 388 g/mol. The molecule has 0 saturated heterocycles. The van der Waals surface area contributed by atoms with E-state index in [-0.39, 0.29) is 10.1 Å². The second kappa shape index (κ2) is 7.83. The van der Waals surface area contributed by atoms with Crippen molar-refractivity contribution in [3.8, 4) is 0 Å². The van der Waals surface area contributed by atoms with Gasteiger partial charge in [-0.1, -0.05) is 46.7 Å². The van der Waals surface area contributed by atoms with Gasteiger partial charge < -0.3 is 13.7 Å². The van der Waals surface area contributed by atoms with Gasteiger partial charge in [0.15, 0.2) is 16.6 Å². The van der Waals surface area contributed by atoms with Crippen molar-refractivity contribution in [2.45, 2.75) is 84.2 Å². The molecule has 1 aliphatic rings. The maximum Gasteiger partial charge on any atom is 0.192 e. The van der Waals surface area contributed by atoms with E-state index in [4.69, 9.17) is 13.7 Å². The van der Waals surface area contributed by atoms with Crippen molar-refractivity contribution >= 4 is 22.3 Å². The smallest absolute Gasteiger partial charge is 0.192 e. The molecule has 0 aliphatic heterocycles. The van der Waals surface area contributed by atoms with Crippen LogP contribution in [-0.2, 0) is 13.7 Å². The van der Waals surface area contributed by atoms with Crippen LogP contribution in [0.2, 0.25) is 36.3 Å². The Morgan fingerprint density at radius 2 is 1.32 bits per heavy atom. The van der Waals surface area contributed by atoms with Crippen LogP contribution in [0.1, 0.15) is 48.0 Å². The van der Waals surface area contributed by atoms with E-state index in [0.717, 1.165) is 25.3 Å². The highest BCUT2D eigenvalue weighted by atomic mass is 28.4. The fourth-order valence-electron chi connectivity index (χ4n) is 2.35. The van der Waals surface area contributed by atoms with Gasteiger partial charge in [0.25, 0.3) is 0 Å². The Morgan fingerprint density at radius 1 is 0.880 bits per heavy atom. The molecule has 1 rings (SSSR count). The van der Waals surface area contributed by atoms with Crippen LogP contribution in [0, 0.1) is 11.8 Å². The van der Waals surface area contributed by atoms with Gasteiger partial charge in [0.2, 0.25) is 0 Å². The van der Waals surface area contributed by atoms with E-state index in [2.05, 4.69) is 72.9 Å². The largest absolute Gasteiger partial charge is 0.417 e. The molecule has 6 heteroatoms. The van der Waals surface area contributed by atoms with Gasteiger partial charge in [-0.25, -0.2) is 0 Å². The Labute approximate surface area is 158 Å². The minimum absolute atomic E-state index is 0.225. The molecule has 0 N–H and O–H groups in total. The van der Waals surface area contributed by atoms with Crippen molar-refractivity contribution in [3.63, 3.8) is 0 Å². The van der Waals surface area contributed by atoms with Crippen molar-refractivity contribution in [3.05, 3.63) is 0 Å². The summed E-state index contributed by atoms with van der Waals surface area (Å²) in [6.07, 6.45) is 0.966. The number of hydrogen-bond donors (Lipinski definition) is 0. The normalized spacial score (nSPS) is 24.4. The van der Waals surface area contributed by atoms with Gasteiger partial charge in [-0.15, -0.1) is 0 Å². The third-order valence-electron chi connectivity index (χ3n) is 6.57. The summed E-state index contributed by atoms with van der Waals surface area (Å²) in [5.41, 5.74) is 1.13. The van der Waals surface area contributed by atoms with Crippen molar-refractivity contribution in [2.75, 3.05) is 20.3 Å². The van der Waals surface area contributed by atoms with Gasteiger partial charge in [-0.05, 0) is 48.6 Å². The van der Waals surface area contributed by atoms with Gasteiger partial charge in [-0.2, -0.15) is 0 Å². The summed E-state index contributed by atoms with van der Waals surface area (Å²) in [6, 6.07) is 0. The molecule has 0 bridgehead atoms. The van der Waals surface area contributed by atoms with Crippen molar-refractivity contribution < 1.29 is 13.7 Å². The molecule has 4 nitrogen and oxygen atoms in total.